The Labute approximate surface area is 146 Å². The lowest BCUT2D eigenvalue weighted by Gasteiger charge is -2.28. The molecule has 9 heteroatoms. The molecule has 0 spiro atoms. The largest absolute Gasteiger partial charge is 0.496 e. The number of rotatable bonds is 6. The normalized spacial score (nSPS) is 15.2. The second-order valence-corrected chi connectivity index (χ2v) is 7.94. The number of ether oxygens (including phenoxy) is 1. The molecule has 2 heterocycles. The third-order valence-corrected chi connectivity index (χ3v) is 4.75. The van der Waals surface area contributed by atoms with Crippen LogP contribution in [0, 0.1) is 5.82 Å². The Morgan fingerprint density at radius 3 is 2.84 bits per heavy atom. The van der Waals surface area contributed by atoms with Crippen molar-refractivity contribution in [3.8, 4) is 5.75 Å². The van der Waals surface area contributed by atoms with Crippen molar-refractivity contribution < 1.29 is 17.5 Å². The standard InChI is InChI=1S/C16H21FN4O3S/c1-24-16-4-3-13(17)7-12(16)10-20-5-6-21-15(11-20)8-14(19-21)9-18-25(2,22)23/h3-4,7-8,18H,5-6,9-11H2,1-2H3. The summed E-state index contributed by atoms with van der Waals surface area (Å²) >= 11 is 0. The molecule has 136 valence electrons. The molecule has 1 N–H and O–H groups in total. The highest BCUT2D eigenvalue weighted by molar-refractivity contribution is 7.88. The van der Waals surface area contributed by atoms with Crippen LogP contribution in [0.25, 0.3) is 0 Å². The molecule has 0 saturated heterocycles. The summed E-state index contributed by atoms with van der Waals surface area (Å²) in [5.74, 6) is 0.380. The van der Waals surface area contributed by atoms with E-state index in [1.807, 2.05) is 10.7 Å². The summed E-state index contributed by atoms with van der Waals surface area (Å²) in [6.45, 7) is 2.88. The van der Waals surface area contributed by atoms with E-state index >= 15 is 0 Å². The quantitative estimate of drug-likeness (QED) is 0.826. The van der Waals surface area contributed by atoms with Gasteiger partial charge in [0.2, 0.25) is 10.0 Å². The molecule has 7 nitrogen and oxygen atoms in total. The van der Waals surface area contributed by atoms with Gasteiger partial charge in [-0.05, 0) is 24.3 Å². The molecule has 0 radical (unpaired) electrons. The average molecular weight is 368 g/mol. The van der Waals surface area contributed by atoms with Crippen LogP contribution in [-0.2, 0) is 36.2 Å². The van der Waals surface area contributed by atoms with Gasteiger partial charge in [-0.25, -0.2) is 17.5 Å². The van der Waals surface area contributed by atoms with Crippen LogP contribution in [0.2, 0.25) is 0 Å². The van der Waals surface area contributed by atoms with Gasteiger partial charge in [-0.3, -0.25) is 9.58 Å². The van der Waals surface area contributed by atoms with Crippen LogP contribution < -0.4 is 9.46 Å². The summed E-state index contributed by atoms with van der Waals surface area (Å²) < 4.78 is 45.5. The fraction of sp³-hybridized carbons (Fsp3) is 0.438. The third-order valence-electron chi connectivity index (χ3n) is 4.08. The van der Waals surface area contributed by atoms with Gasteiger partial charge in [0, 0.05) is 25.2 Å². The highest BCUT2D eigenvalue weighted by atomic mass is 32.2. The van der Waals surface area contributed by atoms with Crippen LogP contribution in [0.5, 0.6) is 5.75 Å². The van der Waals surface area contributed by atoms with Crippen molar-refractivity contribution in [1.82, 2.24) is 19.4 Å². The van der Waals surface area contributed by atoms with Crippen LogP contribution in [0.4, 0.5) is 4.39 Å². The maximum absolute atomic E-state index is 13.5. The molecule has 0 amide bonds. The zero-order valence-corrected chi connectivity index (χ0v) is 15.0. The molecule has 1 aromatic heterocycles. The van der Waals surface area contributed by atoms with E-state index in [1.165, 1.54) is 12.1 Å². The van der Waals surface area contributed by atoms with Crippen LogP contribution in [-0.4, -0.2) is 43.0 Å². The number of sulfonamides is 1. The Kier molecular flexibility index (Phi) is 5.07. The minimum Gasteiger partial charge on any atom is -0.496 e. The van der Waals surface area contributed by atoms with E-state index in [2.05, 4.69) is 14.7 Å². The van der Waals surface area contributed by atoms with Crippen molar-refractivity contribution >= 4 is 10.0 Å². The molecule has 0 aliphatic carbocycles. The fourth-order valence-electron chi connectivity index (χ4n) is 2.92. The molecule has 25 heavy (non-hydrogen) atoms. The van der Waals surface area contributed by atoms with Gasteiger partial charge < -0.3 is 4.74 Å². The van der Waals surface area contributed by atoms with Crippen molar-refractivity contribution in [3.63, 3.8) is 0 Å². The molecule has 2 aromatic rings. The number of nitrogens with one attached hydrogen (secondary N) is 1. The predicted molar refractivity (Wildman–Crippen MR) is 91.0 cm³/mol. The first-order chi connectivity index (χ1) is 11.8. The second kappa shape index (κ2) is 7.11. The molecular formula is C16H21FN4O3S. The van der Waals surface area contributed by atoms with Gasteiger partial charge in [0.25, 0.3) is 0 Å². The molecule has 0 saturated carbocycles. The lowest BCUT2D eigenvalue weighted by Crippen LogP contribution is -2.33. The monoisotopic (exact) mass is 368 g/mol. The first-order valence-electron chi connectivity index (χ1n) is 7.89. The molecular weight excluding hydrogens is 347 g/mol. The van der Waals surface area contributed by atoms with E-state index in [4.69, 9.17) is 4.74 Å². The van der Waals surface area contributed by atoms with Crippen LogP contribution in [0.3, 0.4) is 0 Å². The van der Waals surface area contributed by atoms with E-state index in [9.17, 15) is 12.8 Å². The number of hydrogen-bond donors (Lipinski definition) is 1. The van der Waals surface area contributed by atoms with Gasteiger partial charge in [-0.1, -0.05) is 0 Å². The lowest BCUT2D eigenvalue weighted by molar-refractivity contribution is 0.202. The number of aromatic nitrogens is 2. The number of methoxy groups -OCH3 is 1. The average Bonchev–Trinajstić information content (AvgIpc) is 2.95. The number of halogens is 1. The van der Waals surface area contributed by atoms with Gasteiger partial charge in [0.1, 0.15) is 11.6 Å². The minimum atomic E-state index is -3.25. The van der Waals surface area contributed by atoms with Crippen molar-refractivity contribution in [2.24, 2.45) is 0 Å². The number of hydrogen-bond acceptors (Lipinski definition) is 5. The van der Waals surface area contributed by atoms with E-state index in [1.54, 1.807) is 13.2 Å². The number of benzene rings is 1. The van der Waals surface area contributed by atoms with Gasteiger partial charge in [0.15, 0.2) is 0 Å². The minimum absolute atomic E-state index is 0.177. The van der Waals surface area contributed by atoms with Crippen LogP contribution >= 0.6 is 0 Å². The van der Waals surface area contributed by atoms with Crippen molar-refractivity contribution in [2.45, 2.75) is 26.2 Å². The maximum Gasteiger partial charge on any atom is 0.209 e. The van der Waals surface area contributed by atoms with Gasteiger partial charge in [-0.15, -0.1) is 0 Å². The van der Waals surface area contributed by atoms with E-state index in [0.717, 1.165) is 24.1 Å². The Morgan fingerprint density at radius 2 is 2.12 bits per heavy atom. The van der Waals surface area contributed by atoms with Gasteiger partial charge in [0.05, 0.1) is 37.8 Å². The van der Waals surface area contributed by atoms with Crippen molar-refractivity contribution in [2.75, 3.05) is 19.9 Å². The highest BCUT2D eigenvalue weighted by Crippen LogP contribution is 2.23. The lowest BCUT2D eigenvalue weighted by atomic mass is 10.1. The highest BCUT2D eigenvalue weighted by Gasteiger charge is 2.20. The summed E-state index contributed by atoms with van der Waals surface area (Å²) in [5, 5.41) is 4.42. The summed E-state index contributed by atoms with van der Waals surface area (Å²) in [6, 6.07) is 6.40. The zero-order valence-electron chi connectivity index (χ0n) is 14.2. The predicted octanol–water partition coefficient (Wildman–Crippen LogP) is 1.10. The maximum atomic E-state index is 13.5. The van der Waals surface area contributed by atoms with Crippen LogP contribution in [0.15, 0.2) is 24.3 Å². The van der Waals surface area contributed by atoms with E-state index in [-0.39, 0.29) is 12.4 Å². The molecule has 1 aliphatic heterocycles. The third kappa shape index (κ3) is 4.56. The van der Waals surface area contributed by atoms with Gasteiger partial charge >= 0.3 is 0 Å². The van der Waals surface area contributed by atoms with Crippen LogP contribution in [0.1, 0.15) is 17.0 Å². The summed E-state index contributed by atoms with van der Waals surface area (Å²) in [7, 11) is -1.67. The SMILES string of the molecule is COc1ccc(F)cc1CN1CCn2nc(CNS(C)(=O)=O)cc2C1. The van der Waals surface area contributed by atoms with Crippen molar-refractivity contribution in [1.29, 1.82) is 0 Å². The molecule has 0 unspecified atom stereocenters. The molecule has 0 atom stereocenters. The fourth-order valence-corrected chi connectivity index (χ4v) is 3.33. The Hall–Kier alpha value is -1.97. The Bertz CT molecular complexity index is 866. The Morgan fingerprint density at radius 1 is 1.32 bits per heavy atom. The number of nitrogens with zero attached hydrogens (tertiary/aromatic N) is 3. The van der Waals surface area contributed by atoms with E-state index < -0.39 is 10.0 Å². The van der Waals surface area contributed by atoms with Crippen molar-refractivity contribution in [3.05, 3.63) is 47.0 Å². The molecule has 1 aromatic carbocycles. The smallest absolute Gasteiger partial charge is 0.209 e. The first kappa shape index (κ1) is 17.8. The second-order valence-electron chi connectivity index (χ2n) is 6.11. The Balaban J connectivity index is 1.69. The summed E-state index contributed by atoms with van der Waals surface area (Å²) in [6.07, 6.45) is 1.12. The first-order valence-corrected chi connectivity index (χ1v) is 9.78. The molecule has 0 fully saturated rings. The van der Waals surface area contributed by atoms with Gasteiger partial charge in [-0.2, -0.15) is 5.10 Å². The topological polar surface area (TPSA) is 76.5 Å². The summed E-state index contributed by atoms with van der Waals surface area (Å²) in [5.41, 5.74) is 2.49. The zero-order chi connectivity index (χ0) is 18.0. The summed E-state index contributed by atoms with van der Waals surface area (Å²) in [4.78, 5) is 2.18. The number of fused-ring (bicyclic) bond motifs is 1. The van der Waals surface area contributed by atoms with E-state index in [0.29, 0.717) is 31.1 Å². The molecule has 1 aliphatic rings. The molecule has 3 rings (SSSR count). The molecule has 0 bridgehead atoms.